The van der Waals surface area contributed by atoms with E-state index in [1.807, 2.05) is 35.6 Å². The summed E-state index contributed by atoms with van der Waals surface area (Å²) in [6.45, 7) is 0.758. The van der Waals surface area contributed by atoms with Gasteiger partial charge in [0.05, 0.1) is 13.0 Å². The Kier molecular flexibility index (Phi) is 8.37. The molecule has 0 saturated heterocycles. The van der Waals surface area contributed by atoms with E-state index in [0.717, 1.165) is 43.0 Å². The predicted octanol–water partition coefficient (Wildman–Crippen LogP) is 5.02. The van der Waals surface area contributed by atoms with Crippen LogP contribution in [0.5, 0.6) is 0 Å². The zero-order chi connectivity index (χ0) is 23.6. The summed E-state index contributed by atoms with van der Waals surface area (Å²) in [7, 11) is 0. The smallest absolute Gasteiger partial charge is 0.303 e. The van der Waals surface area contributed by atoms with Crippen molar-refractivity contribution in [3.8, 4) is 0 Å². The molecule has 3 heteroatoms. The molecule has 34 heavy (non-hydrogen) atoms. The number of nitrogens with two attached hydrogens (primary N) is 1. The Labute approximate surface area is 201 Å². The fraction of sp³-hybridized carbons (Fsp3) is 0.226. The van der Waals surface area contributed by atoms with Gasteiger partial charge in [-0.3, -0.25) is 5.32 Å². The van der Waals surface area contributed by atoms with Gasteiger partial charge in [0, 0.05) is 12.8 Å². The topological polar surface area (TPSA) is 50.8 Å². The summed E-state index contributed by atoms with van der Waals surface area (Å²) < 4.78 is 0. The lowest BCUT2D eigenvalue weighted by Gasteiger charge is -2.19. The van der Waals surface area contributed by atoms with Gasteiger partial charge in [0.1, 0.15) is 6.29 Å². The lowest BCUT2D eigenvalue weighted by Crippen LogP contribution is -2.89. The van der Waals surface area contributed by atoms with E-state index in [-0.39, 0.29) is 11.8 Å². The highest BCUT2D eigenvalue weighted by atomic mass is 16.1. The van der Waals surface area contributed by atoms with E-state index in [0.29, 0.717) is 12.8 Å². The molecule has 2 N–H and O–H groups in total. The molecule has 0 fully saturated rings. The van der Waals surface area contributed by atoms with Crippen molar-refractivity contribution in [1.82, 2.24) is 0 Å². The summed E-state index contributed by atoms with van der Waals surface area (Å²) in [4.78, 5) is 23.8. The van der Waals surface area contributed by atoms with Crippen LogP contribution in [0.4, 0.5) is 0 Å². The molecule has 4 rings (SSSR count). The quantitative estimate of drug-likeness (QED) is 0.326. The maximum atomic E-state index is 12.7. The fourth-order valence-corrected chi connectivity index (χ4v) is 4.71. The summed E-state index contributed by atoms with van der Waals surface area (Å²) in [5, 5.41) is 4.18. The van der Waals surface area contributed by atoms with Gasteiger partial charge in [0.2, 0.25) is 0 Å². The summed E-state index contributed by atoms with van der Waals surface area (Å²) in [5.41, 5.74) is 4.86. The van der Waals surface area contributed by atoms with Gasteiger partial charge in [-0.25, -0.2) is 4.79 Å². The first-order valence-electron chi connectivity index (χ1n) is 12.1. The third-order valence-electron chi connectivity index (χ3n) is 6.49. The van der Waals surface area contributed by atoms with Crippen molar-refractivity contribution in [1.29, 1.82) is 0 Å². The molecule has 1 unspecified atom stereocenters. The highest BCUT2D eigenvalue weighted by Gasteiger charge is 2.16. The second-order valence-electron chi connectivity index (χ2n) is 8.86. The summed E-state index contributed by atoms with van der Waals surface area (Å²) in [6, 6.07) is 33.4. The van der Waals surface area contributed by atoms with E-state index in [1.54, 1.807) is 0 Å². The molecule has 0 aliphatic heterocycles. The largest absolute Gasteiger partial charge is 0.314 e. The molecule has 0 heterocycles. The lowest BCUT2D eigenvalue weighted by molar-refractivity contribution is -0.567. The average molecular weight is 451 g/mol. The average Bonchev–Trinajstić information content (AvgIpc) is 2.89. The Morgan fingerprint density at radius 2 is 1.38 bits per heavy atom. The minimum Gasteiger partial charge on any atom is -0.303 e. The van der Waals surface area contributed by atoms with Crippen molar-refractivity contribution >= 4 is 23.0 Å². The van der Waals surface area contributed by atoms with Gasteiger partial charge in [-0.1, -0.05) is 97.1 Å². The van der Waals surface area contributed by atoms with Gasteiger partial charge >= 0.3 is 5.91 Å². The van der Waals surface area contributed by atoms with Crippen molar-refractivity contribution < 1.29 is 14.9 Å². The number of fused-ring (bicyclic) bond motifs is 1. The van der Waals surface area contributed by atoms with Crippen LogP contribution in [-0.4, -0.2) is 18.7 Å². The number of primary amides is 1. The monoisotopic (exact) mass is 450 g/mol. The van der Waals surface area contributed by atoms with Crippen LogP contribution in [0, 0.1) is 0 Å². The molecule has 0 aromatic heterocycles. The number of hydrogen-bond donors (Lipinski definition) is 1. The molecule has 3 nitrogen and oxygen atoms in total. The minimum absolute atomic E-state index is 0.168. The highest BCUT2D eigenvalue weighted by molar-refractivity contribution is 5.91. The number of carbonyl (C=O) groups excluding carboxylic acids is 2. The van der Waals surface area contributed by atoms with Crippen LogP contribution in [0.25, 0.3) is 10.8 Å². The molecule has 0 radical (unpaired) electrons. The van der Waals surface area contributed by atoms with E-state index in [4.69, 9.17) is 0 Å². The number of rotatable bonds is 11. The zero-order valence-electron chi connectivity index (χ0n) is 19.5. The van der Waals surface area contributed by atoms with Crippen LogP contribution in [0.15, 0.2) is 97.1 Å². The first-order valence-corrected chi connectivity index (χ1v) is 12.1. The third-order valence-corrected chi connectivity index (χ3v) is 6.49. The molecule has 1 atom stereocenters. The van der Waals surface area contributed by atoms with E-state index in [2.05, 4.69) is 66.7 Å². The second-order valence-corrected chi connectivity index (χ2v) is 8.86. The van der Waals surface area contributed by atoms with Crippen LogP contribution in [0.1, 0.15) is 41.0 Å². The minimum atomic E-state index is 0.168. The van der Waals surface area contributed by atoms with Crippen molar-refractivity contribution in [2.75, 3.05) is 6.54 Å². The van der Waals surface area contributed by atoms with Gasteiger partial charge in [-0.2, -0.15) is 0 Å². The highest BCUT2D eigenvalue weighted by Crippen LogP contribution is 2.30. The normalized spacial score (nSPS) is 11.9. The van der Waals surface area contributed by atoms with E-state index in [9.17, 15) is 9.59 Å². The van der Waals surface area contributed by atoms with E-state index in [1.165, 1.54) is 22.1 Å². The van der Waals surface area contributed by atoms with Gasteiger partial charge in [0.25, 0.3) is 0 Å². The zero-order valence-corrected chi connectivity index (χ0v) is 19.5. The van der Waals surface area contributed by atoms with Crippen molar-refractivity contribution in [3.63, 3.8) is 0 Å². The molecule has 0 aliphatic carbocycles. The number of benzene rings is 4. The van der Waals surface area contributed by atoms with Gasteiger partial charge in [-0.15, -0.1) is 0 Å². The number of amides is 1. The maximum Gasteiger partial charge on any atom is 0.314 e. The Balaban J connectivity index is 1.49. The Bertz CT molecular complexity index is 1220. The molecule has 0 spiro atoms. The van der Waals surface area contributed by atoms with Gasteiger partial charge in [-0.05, 0) is 51.8 Å². The van der Waals surface area contributed by atoms with Crippen LogP contribution in [0.3, 0.4) is 0 Å². The number of quaternary nitrogens is 1. The Morgan fingerprint density at radius 3 is 2.09 bits per heavy atom. The predicted molar refractivity (Wildman–Crippen MR) is 138 cm³/mol. The first-order chi connectivity index (χ1) is 16.7. The standard InChI is InChI=1S/C31H31NO2/c33-21-9-14-26(25-12-5-2-6-13-25)22-27-17-18-28(30-16-8-7-15-29(27)30)23-31(34)32-20-19-24-10-3-1-4-11-24/h1-8,10-13,15-18,21,26H,9,14,19-20,22-23H2,(H,32,34)/p+1. The van der Waals surface area contributed by atoms with Crippen molar-refractivity contribution in [2.24, 2.45) is 0 Å². The number of carbonyl (C=O) groups is 2. The molecule has 0 aliphatic rings. The van der Waals surface area contributed by atoms with Crippen molar-refractivity contribution in [2.45, 2.75) is 38.0 Å². The Morgan fingerprint density at radius 1 is 0.765 bits per heavy atom. The number of hydrogen-bond acceptors (Lipinski definition) is 2. The Hall–Kier alpha value is -3.56. The molecule has 4 aromatic rings. The second kappa shape index (κ2) is 12.1. The first kappa shape index (κ1) is 23.6. The summed E-state index contributed by atoms with van der Waals surface area (Å²) in [5.74, 6) is 0.454. The van der Waals surface area contributed by atoms with Gasteiger partial charge < -0.3 is 4.79 Å². The number of aldehydes is 1. The molecule has 0 saturated carbocycles. The maximum absolute atomic E-state index is 12.7. The van der Waals surface area contributed by atoms with Crippen LogP contribution in [0.2, 0.25) is 0 Å². The summed E-state index contributed by atoms with van der Waals surface area (Å²) >= 11 is 0. The third kappa shape index (κ3) is 6.27. The molecular weight excluding hydrogens is 418 g/mol. The molecule has 0 bridgehead atoms. The SMILES string of the molecule is O=CCCC(Cc1ccc(CC(=O)[NH2+]CCc2ccccc2)c2ccccc12)c1ccccc1. The van der Waals surface area contributed by atoms with Crippen LogP contribution < -0.4 is 5.32 Å². The van der Waals surface area contributed by atoms with E-state index >= 15 is 0 Å². The summed E-state index contributed by atoms with van der Waals surface area (Å²) in [6.07, 6.45) is 4.57. The molecule has 1 amide bonds. The molecule has 4 aromatic carbocycles. The van der Waals surface area contributed by atoms with Crippen molar-refractivity contribution in [3.05, 3.63) is 119 Å². The fourth-order valence-electron chi connectivity index (χ4n) is 4.71. The molecular formula is C31H32NO2+. The van der Waals surface area contributed by atoms with Crippen LogP contribution in [-0.2, 0) is 28.9 Å². The molecule has 172 valence electrons. The van der Waals surface area contributed by atoms with Gasteiger partial charge in [0.15, 0.2) is 0 Å². The lowest BCUT2D eigenvalue weighted by atomic mass is 9.86. The van der Waals surface area contributed by atoms with Crippen LogP contribution >= 0.6 is 0 Å². The van der Waals surface area contributed by atoms with E-state index < -0.39 is 0 Å².